The van der Waals surface area contributed by atoms with Crippen LogP contribution in [0, 0.1) is 10.1 Å². The Balaban J connectivity index is 2.14. The van der Waals surface area contributed by atoms with Crippen molar-refractivity contribution >= 4 is 17.5 Å². The molecule has 1 atom stereocenters. The first-order valence-corrected chi connectivity index (χ1v) is 8.05. The second kappa shape index (κ2) is 8.51. The van der Waals surface area contributed by atoms with Crippen molar-refractivity contribution in [2.75, 3.05) is 0 Å². The highest BCUT2D eigenvalue weighted by Gasteiger charge is 2.34. The Hall–Kier alpha value is -3.43. The Labute approximate surface area is 157 Å². The Morgan fingerprint density at radius 2 is 1.82 bits per heavy atom. The average molecular weight is 395 g/mol. The molecule has 2 amide bonds. The number of non-ortho nitro benzene ring substituents is 1. The van der Waals surface area contributed by atoms with Crippen LogP contribution in [0.5, 0.6) is 0 Å². The number of nitro groups is 1. The van der Waals surface area contributed by atoms with Crippen molar-refractivity contribution in [2.24, 2.45) is 5.73 Å². The van der Waals surface area contributed by atoms with Gasteiger partial charge in [0.05, 0.1) is 16.9 Å². The zero-order chi connectivity index (χ0) is 20.9. The Morgan fingerprint density at radius 3 is 2.43 bits per heavy atom. The standard InChI is InChI=1S/C18H16F3N3O4/c19-18(20,21)14-7-2-1-5-12(14)10-15(17(22)26)23-16(25)9-11-4-3-6-13(8-11)24(27)28/h1-8,15H,9-10H2,(H2,22,26)(H,23,25)/t15-/m1/s1. The van der Waals surface area contributed by atoms with Crippen molar-refractivity contribution in [3.05, 3.63) is 75.3 Å². The maximum atomic E-state index is 13.1. The fourth-order valence-corrected chi connectivity index (χ4v) is 2.63. The van der Waals surface area contributed by atoms with Crippen LogP contribution in [0.2, 0.25) is 0 Å². The van der Waals surface area contributed by atoms with E-state index in [9.17, 15) is 32.9 Å². The van der Waals surface area contributed by atoms with Gasteiger partial charge in [-0.1, -0.05) is 30.3 Å². The molecule has 0 spiro atoms. The topological polar surface area (TPSA) is 115 Å². The minimum absolute atomic E-state index is 0.186. The number of amides is 2. The summed E-state index contributed by atoms with van der Waals surface area (Å²) in [6.45, 7) is 0. The molecule has 0 bridgehead atoms. The third kappa shape index (κ3) is 5.53. The summed E-state index contributed by atoms with van der Waals surface area (Å²) in [4.78, 5) is 34.0. The van der Waals surface area contributed by atoms with Crippen LogP contribution in [-0.4, -0.2) is 22.8 Å². The molecular formula is C18H16F3N3O4. The molecule has 0 aliphatic heterocycles. The molecule has 0 saturated carbocycles. The first-order valence-electron chi connectivity index (χ1n) is 8.05. The highest BCUT2D eigenvalue weighted by molar-refractivity contribution is 5.87. The summed E-state index contributed by atoms with van der Waals surface area (Å²) in [5, 5.41) is 13.1. The monoisotopic (exact) mass is 395 g/mol. The van der Waals surface area contributed by atoms with Crippen LogP contribution in [-0.2, 0) is 28.6 Å². The summed E-state index contributed by atoms with van der Waals surface area (Å²) in [7, 11) is 0. The number of alkyl halides is 3. The number of nitrogens with two attached hydrogens (primary N) is 1. The second-order valence-electron chi connectivity index (χ2n) is 5.99. The van der Waals surface area contributed by atoms with Crippen LogP contribution in [0.4, 0.5) is 18.9 Å². The SMILES string of the molecule is NC(=O)[C@@H](Cc1ccccc1C(F)(F)F)NC(=O)Cc1cccc([N+](=O)[O-])c1. The normalized spacial score (nSPS) is 12.2. The lowest BCUT2D eigenvalue weighted by atomic mass is 9.99. The predicted molar refractivity (Wildman–Crippen MR) is 93.1 cm³/mol. The molecule has 0 aliphatic carbocycles. The minimum Gasteiger partial charge on any atom is -0.368 e. The van der Waals surface area contributed by atoms with E-state index in [1.807, 2.05) is 0 Å². The molecule has 3 N–H and O–H groups in total. The fraction of sp³-hybridized carbons (Fsp3) is 0.222. The molecule has 2 aromatic carbocycles. The van der Waals surface area contributed by atoms with Gasteiger partial charge in [0.15, 0.2) is 0 Å². The molecule has 0 unspecified atom stereocenters. The van der Waals surface area contributed by atoms with Gasteiger partial charge in [-0.15, -0.1) is 0 Å². The maximum absolute atomic E-state index is 13.1. The average Bonchev–Trinajstić information content (AvgIpc) is 2.60. The molecule has 10 heteroatoms. The number of rotatable bonds is 7. The molecule has 2 aromatic rings. The first kappa shape index (κ1) is 20.9. The van der Waals surface area contributed by atoms with Gasteiger partial charge in [0, 0.05) is 18.6 Å². The summed E-state index contributed by atoms with van der Waals surface area (Å²) < 4.78 is 39.3. The summed E-state index contributed by atoms with van der Waals surface area (Å²) in [6, 6.07) is 8.62. The highest BCUT2D eigenvalue weighted by atomic mass is 19.4. The summed E-state index contributed by atoms with van der Waals surface area (Å²) in [5.74, 6) is -1.70. The van der Waals surface area contributed by atoms with Gasteiger partial charge in [-0.2, -0.15) is 13.2 Å². The van der Waals surface area contributed by atoms with Crippen molar-refractivity contribution in [3.63, 3.8) is 0 Å². The van der Waals surface area contributed by atoms with Gasteiger partial charge in [-0.05, 0) is 17.2 Å². The van der Waals surface area contributed by atoms with Gasteiger partial charge in [0.25, 0.3) is 5.69 Å². The number of carbonyl (C=O) groups is 2. The van der Waals surface area contributed by atoms with E-state index in [0.29, 0.717) is 5.56 Å². The summed E-state index contributed by atoms with van der Waals surface area (Å²) in [5.41, 5.74) is 4.22. The number of benzene rings is 2. The van der Waals surface area contributed by atoms with E-state index >= 15 is 0 Å². The molecule has 28 heavy (non-hydrogen) atoms. The van der Waals surface area contributed by atoms with Crippen molar-refractivity contribution in [1.82, 2.24) is 5.32 Å². The van der Waals surface area contributed by atoms with E-state index in [0.717, 1.165) is 6.07 Å². The number of nitro benzene ring substituents is 1. The lowest BCUT2D eigenvalue weighted by Crippen LogP contribution is -2.46. The molecule has 148 valence electrons. The number of hydrogen-bond acceptors (Lipinski definition) is 4. The minimum atomic E-state index is -4.62. The van der Waals surface area contributed by atoms with E-state index in [-0.39, 0.29) is 17.7 Å². The van der Waals surface area contributed by atoms with E-state index < -0.39 is 40.9 Å². The zero-order valence-electron chi connectivity index (χ0n) is 14.4. The molecule has 0 saturated heterocycles. The van der Waals surface area contributed by atoms with Crippen LogP contribution in [0.25, 0.3) is 0 Å². The fourth-order valence-electron chi connectivity index (χ4n) is 2.63. The Morgan fingerprint density at radius 1 is 1.14 bits per heavy atom. The predicted octanol–water partition coefficient (Wildman–Crippen LogP) is 2.37. The van der Waals surface area contributed by atoms with Crippen LogP contribution in [0.15, 0.2) is 48.5 Å². The molecule has 0 aliphatic rings. The Bertz CT molecular complexity index is 900. The smallest absolute Gasteiger partial charge is 0.368 e. The van der Waals surface area contributed by atoms with Gasteiger partial charge >= 0.3 is 6.18 Å². The molecule has 0 radical (unpaired) electrons. The van der Waals surface area contributed by atoms with E-state index in [2.05, 4.69) is 5.32 Å². The largest absolute Gasteiger partial charge is 0.416 e. The van der Waals surface area contributed by atoms with Crippen molar-refractivity contribution < 1.29 is 27.7 Å². The second-order valence-corrected chi connectivity index (χ2v) is 5.99. The number of nitrogens with zero attached hydrogens (tertiary/aromatic N) is 1. The van der Waals surface area contributed by atoms with Gasteiger partial charge in [0.1, 0.15) is 6.04 Å². The number of halogens is 3. The van der Waals surface area contributed by atoms with Crippen molar-refractivity contribution in [1.29, 1.82) is 0 Å². The third-order valence-corrected chi connectivity index (χ3v) is 3.91. The number of primary amides is 1. The molecule has 0 aromatic heterocycles. The lowest BCUT2D eigenvalue weighted by molar-refractivity contribution is -0.384. The van der Waals surface area contributed by atoms with Gasteiger partial charge in [-0.3, -0.25) is 19.7 Å². The van der Waals surface area contributed by atoms with Crippen molar-refractivity contribution in [3.8, 4) is 0 Å². The molecule has 7 nitrogen and oxygen atoms in total. The maximum Gasteiger partial charge on any atom is 0.416 e. The van der Waals surface area contributed by atoms with E-state index in [4.69, 9.17) is 5.73 Å². The lowest BCUT2D eigenvalue weighted by Gasteiger charge is -2.18. The van der Waals surface area contributed by atoms with Crippen LogP contribution in [0.1, 0.15) is 16.7 Å². The number of carbonyl (C=O) groups excluding carboxylic acids is 2. The van der Waals surface area contributed by atoms with E-state index in [1.165, 1.54) is 42.5 Å². The van der Waals surface area contributed by atoms with Crippen molar-refractivity contribution in [2.45, 2.75) is 25.1 Å². The Kier molecular flexibility index (Phi) is 6.34. The molecule has 0 fully saturated rings. The van der Waals surface area contributed by atoms with Crippen LogP contribution >= 0.6 is 0 Å². The van der Waals surface area contributed by atoms with Crippen LogP contribution < -0.4 is 11.1 Å². The quantitative estimate of drug-likeness (QED) is 0.553. The third-order valence-electron chi connectivity index (χ3n) is 3.91. The van der Waals surface area contributed by atoms with Gasteiger partial charge < -0.3 is 11.1 Å². The molecule has 2 rings (SSSR count). The molecular weight excluding hydrogens is 379 g/mol. The van der Waals surface area contributed by atoms with E-state index in [1.54, 1.807) is 0 Å². The number of hydrogen-bond donors (Lipinski definition) is 2. The first-order chi connectivity index (χ1) is 13.1. The van der Waals surface area contributed by atoms with Gasteiger partial charge in [0.2, 0.25) is 11.8 Å². The number of nitrogens with one attached hydrogen (secondary N) is 1. The molecule has 0 heterocycles. The summed E-state index contributed by atoms with van der Waals surface area (Å²) >= 11 is 0. The zero-order valence-corrected chi connectivity index (χ0v) is 14.4. The summed E-state index contributed by atoms with van der Waals surface area (Å²) in [6.07, 6.45) is -5.36. The van der Waals surface area contributed by atoms with Gasteiger partial charge in [-0.25, -0.2) is 0 Å². The highest BCUT2D eigenvalue weighted by Crippen LogP contribution is 2.32. The van der Waals surface area contributed by atoms with Crippen LogP contribution in [0.3, 0.4) is 0 Å².